The van der Waals surface area contributed by atoms with Crippen molar-refractivity contribution in [2.24, 2.45) is 10.9 Å². The van der Waals surface area contributed by atoms with Crippen LogP contribution in [0, 0.1) is 5.92 Å². The molecule has 2 aromatic rings. The topological polar surface area (TPSA) is 101 Å². The third-order valence-corrected chi connectivity index (χ3v) is 8.11. The quantitative estimate of drug-likeness (QED) is 0.501. The number of hydrogen-bond donors (Lipinski definition) is 1. The molecule has 2 saturated heterocycles. The number of allylic oxidation sites excluding steroid dienone is 1. The number of anilines is 1. The Labute approximate surface area is 218 Å². The maximum absolute atomic E-state index is 13.3. The lowest BCUT2D eigenvalue weighted by atomic mass is 10.1. The zero-order valence-corrected chi connectivity index (χ0v) is 22.2. The number of carbonyl (C=O) groups excluding carboxylic acids is 1. The van der Waals surface area contributed by atoms with Gasteiger partial charge in [0, 0.05) is 50.5 Å². The van der Waals surface area contributed by atoms with E-state index in [9.17, 15) is 13.2 Å². The summed E-state index contributed by atoms with van der Waals surface area (Å²) in [6.45, 7) is 11.0. The predicted molar refractivity (Wildman–Crippen MR) is 145 cm³/mol. The third kappa shape index (κ3) is 6.20. The van der Waals surface area contributed by atoms with Gasteiger partial charge in [-0.3, -0.25) is 19.4 Å². The van der Waals surface area contributed by atoms with Gasteiger partial charge in [-0.05, 0) is 50.2 Å². The Balaban J connectivity index is 1.47. The molecule has 0 aromatic heterocycles. The summed E-state index contributed by atoms with van der Waals surface area (Å²) < 4.78 is 40.0. The fourth-order valence-corrected chi connectivity index (χ4v) is 6.02. The van der Waals surface area contributed by atoms with Crippen LogP contribution in [0.15, 0.2) is 52.4 Å². The van der Waals surface area contributed by atoms with Gasteiger partial charge in [0.2, 0.25) is 0 Å². The molecule has 2 aliphatic heterocycles. The van der Waals surface area contributed by atoms with Gasteiger partial charge in [-0.15, -0.1) is 0 Å². The van der Waals surface area contributed by atoms with Gasteiger partial charge in [-0.2, -0.15) is 0 Å². The summed E-state index contributed by atoms with van der Waals surface area (Å²) in [6.07, 6.45) is 4.67. The van der Waals surface area contributed by atoms with E-state index < -0.39 is 10.0 Å². The molecule has 2 aromatic carbocycles. The van der Waals surface area contributed by atoms with Crippen LogP contribution < -0.4 is 9.46 Å². The van der Waals surface area contributed by atoms with Crippen LogP contribution in [0.4, 0.5) is 11.4 Å². The van der Waals surface area contributed by atoms with Crippen LogP contribution >= 0.6 is 0 Å². The van der Waals surface area contributed by atoms with Crippen molar-refractivity contribution in [3.63, 3.8) is 0 Å². The van der Waals surface area contributed by atoms with Crippen molar-refractivity contribution >= 4 is 40.1 Å². The van der Waals surface area contributed by atoms with Gasteiger partial charge in [0.25, 0.3) is 15.9 Å². The molecule has 4 rings (SSSR count). The number of amides is 1. The van der Waals surface area contributed by atoms with Crippen LogP contribution in [0.25, 0.3) is 6.08 Å². The monoisotopic (exact) mass is 526 g/mol. The highest BCUT2D eigenvalue weighted by molar-refractivity contribution is 7.92. The van der Waals surface area contributed by atoms with Gasteiger partial charge in [0.15, 0.2) is 0 Å². The van der Waals surface area contributed by atoms with Crippen molar-refractivity contribution in [3.8, 4) is 5.75 Å². The first-order chi connectivity index (χ1) is 17.9. The molecule has 37 heavy (non-hydrogen) atoms. The number of benzene rings is 2. The van der Waals surface area contributed by atoms with E-state index in [1.807, 2.05) is 11.8 Å². The lowest BCUT2D eigenvalue weighted by Gasteiger charge is -2.35. The zero-order valence-electron chi connectivity index (χ0n) is 21.4. The molecule has 0 aliphatic carbocycles. The second-order valence-electron chi connectivity index (χ2n) is 9.20. The Morgan fingerprint density at radius 2 is 2.03 bits per heavy atom. The predicted octanol–water partition coefficient (Wildman–Crippen LogP) is 3.66. The molecule has 2 heterocycles. The molecule has 1 atom stereocenters. The van der Waals surface area contributed by atoms with E-state index in [4.69, 9.17) is 9.47 Å². The molecule has 0 bridgehead atoms. The van der Waals surface area contributed by atoms with E-state index in [0.29, 0.717) is 30.1 Å². The summed E-state index contributed by atoms with van der Waals surface area (Å²) in [5.41, 5.74) is 1.58. The number of rotatable bonds is 9. The van der Waals surface area contributed by atoms with Crippen molar-refractivity contribution < 1.29 is 22.7 Å². The van der Waals surface area contributed by atoms with E-state index in [-0.39, 0.29) is 27.9 Å². The number of para-hydroxylation sites is 1. The average Bonchev–Trinajstić information content (AvgIpc) is 3.42. The van der Waals surface area contributed by atoms with Crippen molar-refractivity contribution in [3.05, 3.63) is 53.6 Å². The van der Waals surface area contributed by atoms with E-state index in [0.717, 1.165) is 39.3 Å². The van der Waals surface area contributed by atoms with Gasteiger partial charge in [-0.25, -0.2) is 8.42 Å². The fraction of sp³-hybridized carbons (Fsp3) is 0.407. The second-order valence-corrected chi connectivity index (χ2v) is 10.8. The zero-order chi connectivity index (χ0) is 26.4. The maximum atomic E-state index is 13.3. The fourth-order valence-electron chi connectivity index (χ4n) is 4.76. The van der Waals surface area contributed by atoms with E-state index in [2.05, 4.69) is 21.3 Å². The molecule has 198 valence electrons. The first-order valence-electron chi connectivity index (χ1n) is 12.4. The number of nitrogens with zero attached hydrogens (tertiary/aromatic N) is 3. The van der Waals surface area contributed by atoms with Crippen molar-refractivity contribution in [1.82, 2.24) is 9.80 Å². The number of carbonyl (C=O) groups is 1. The van der Waals surface area contributed by atoms with Gasteiger partial charge < -0.3 is 14.4 Å². The van der Waals surface area contributed by atoms with Crippen LogP contribution in [0.2, 0.25) is 0 Å². The number of hydrogen-bond acceptors (Lipinski definition) is 7. The Kier molecular flexibility index (Phi) is 8.63. The minimum absolute atomic E-state index is 0.00217. The SMILES string of the molecule is C=Nc1c(/C=C\C)cccc1S(=O)(=O)Nc1ccc(C(=O)N2CCN(CC3CCOC3)CC2)cc1OC. The molecule has 2 aliphatic rings. The van der Waals surface area contributed by atoms with E-state index >= 15 is 0 Å². The van der Waals surface area contributed by atoms with Crippen molar-refractivity contribution in [2.45, 2.75) is 18.2 Å². The molecule has 9 nitrogen and oxygen atoms in total. The van der Waals surface area contributed by atoms with Gasteiger partial charge in [-0.1, -0.05) is 24.3 Å². The summed E-state index contributed by atoms with van der Waals surface area (Å²) in [6, 6.07) is 9.64. The molecule has 0 saturated carbocycles. The van der Waals surface area contributed by atoms with Crippen LogP contribution in [0.1, 0.15) is 29.3 Å². The molecular formula is C27H34N4O5S. The standard InChI is InChI=1S/C27H34N4O5S/c1-4-6-21-7-5-8-25(26(21)28-2)37(33,34)29-23-10-9-22(17-24(23)35-3)27(32)31-14-12-30(13-15-31)18-20-11-16-36-19-20/h4-10,17,20,29H,2,11-16,18-19H2,1,3H3/b6-4-. The Bertz CT molecular complexity index is 1260. The van der Waals surface area contributed by atoms with Crippen LogP contribution in [-0.4, -0.2) is 83.9 Å². The molecule has 0 radical (unpaired) electrons. The molecule has 10 heteroatoms. The molecular weight excluding hydrogens is 492 g/mol. The number of sulfonamides is 1. The smallest absolute Gasteiger partial charge is 0.264 e. The number of piperazine rings is 1. The van der Waals surface area contributed by atoms with Crippen molar-refractivity contribution in [2.75, 3.05) is 57.8 Å². The van der Waals surface area contributed by atoms with Gasteiger partial charge >= 0.3 is 0 Å². The lowest BCUT2D eigenvalue weighted by Crippen LogP contribution is -2.49. The van der Waals surface area contributed by atoms with E-state index in [1.165, 1.54) is 13.2 Å². The largest absolute Gasteiger partial charge is 0.495 e. The summed E-state index contributed by atoms with van der Waals surface area (Å²) >= 11 is 0. The Morgan fingerprint density at radius 3 is 2.68 bits per heavy atom. The minimum Gasteiger partial charge on any atom is -0.495 e. The van der Waals surface area contributed by atoms with Crippen molar-refractivity contribution in [1.29, 1.82) is 0 Å². The third-order valence-electron chi connectivity index (χ3n) is 6.72. The van der Waals surface area contributed by atoms with Crippen LogP contribution in [0.5, 0.6) is 5.75 Å². The summed E-state index contributed by atoms with van der Waals surface area (Å²) in [4.78, 5) is 21.4. The summed E-state index contributed by atoms with van der Waals surface area (Å²) in [5, 5.41) is 0. The highest BCUT2D eigenvalue weighted by Gasteiger charge is 2.27. The Morgan fingerprint density at radius 1 is 1.24 bits per heavy atom. The number of aliphatic imine (C=N–C) groups is 1. The van der Waals surface area contributed by atoms with Crippen LogP contribution in [-0.2, 0) is 14.8 Å². The molecule has 0 spiro atoms. The highest BCUT2D eigenvalue weighted by Crippen LogP contribution is 2.33. The Hall–Kier alpha value is -3.21. The van der Waals surface area contributed by atoms with Gasteiger partial charge in [0.1, 0.15) is 10.6 Å². The number of methoxy groups -OCH3 is 1. The first-order valence-corrected chi connectivity index (χ1v) is 13.9. The summed E-state index contributed by atoms with van der Waals surface area (Å²) in [5.74, 6) is 0.729. The van der Waals surface area contributed by atoms with Gasteiger partial charge in [0.05, 0.1) is 25.1 Å². The molecule has 2 fully saturated rings. The van der Waals surface area contributed by atoms with Crippen LogP contribution in [0.3, 0.4) is 0 Å². The maximum Gasteiger partial charge on any atom is 0.264 e. The first kappa shape index (κ1) is 26.8. The molecule has 1 amide bonds. The second kappa shape index (κ2) is 11.9. The summed E-state index contributed by atoms with van der Waals surface area (Å²) in [7, 11) is -2.57. The normalized spacial score (nSPS) is 18.8. The lowest BCUT2D eigenvalue weighted by molar-refractivity contribution is 0.0611. The number of ether oxygens (including phenoxy) is 2. The molecule has 1 N–H and O–H groups in total. The molecule has 1 unspecified atom stereocenters. The number of nitrogens with one attached hydrogen (secondary N) is 1. The minimum atomic E-state index is -4.01. The average molecular weight is 527 g/mol. The van der Waals surface area contributed by atoms with E-state index in [1.54, 1.807) is 42.5 Å². The highest BCUT2D eigenvalue weighted by atomic mass is 32.2.